The first kappa shape index (κ1) is 28.0. The molecule has 0 rings (SSSR count). The molecule has 3 heteroatoms. The van der Waals surface area contributed by atoms with Crippen LogP contribution in [0, 0.1) is 14.9 Å². The van der Waals surface area contributed by atoms with E-state index in [4.69, 9.17) is 0 Å². The minimum atomic E-state index is 0. The van der Waals surface area contributed by atoms with Gasteiger partial charge in [-0.05, 0) is 0 Å². The van der Waals surface area contributed by atoms with E-state index < -0.39 is 0 Å². The minimum absolute atomic E-state index is 0. The SMILES string of the molecule is N[C-]=S.[CH3-].[CH3-].[Y+3]. The Hall–Kier alpha value is 0.994. The summed E-state index contributed by atoms with van der Waals surface area (Å²) in [5.74, 6) is 0. The number of hydrogen-bond donors (Lipinski definition) is 1. The van der Waals surface area contributed by atoms with Crippen LogP contribution >= 0.6 is 12.2 Å². The molecule has 0 aromatic rings. The third-order valence-corrected chi connectivity index (χ3v) is 0. The van der Waals surface area contributed by atoms with Crippen molar-refractivity contribution in [1.29, 1.82) is 0 Å². The first-order chi connectivity index (χ1) is 1.41. The molecule has 34 valence electrons. The number of nitrogens with two attached hydrogens (primary N) is 1. The molecule has 0 aromatic carbocycles. The van der Waals surface area contributed by atoms with Crippen LogP contribution in [0.5, 0.6) is 0 Å². The predicted molar refractivity (Wildman–Crippen MR) is 29.6 cm³/mol. The monoisotopic (exact) mass is 179 g/mol. The molecule has 0 aliphatic heterocycles. The summed E-state index contributed by atoms with van der Waals surface area (Å²) in [5, 5.41) is 0. The van der Waals surface area contributed by atoms with Gasteiger partial charge >= 0.3 is 32.7 Å². The van der Waals surface area contributed by atoms with E-state index in [-0.39, 0.29) is 47.6 Å². The minimum Gasteiger partial charge on any atom is -0.570 e. The van der Waals surface area contributed by atoms with Gasteiger partial charge in [-0.15, -0.1) is 0 Å². The maximum Gasteiger partial charge on any atom is 3.00 e. The van der Waals surface area contributed by atoms with E-state index in [2.05, 4.69) is 18.0 Å². The van der Waals surface area contributed by atoms with Gasteiger partial charge in [0.2, 0.25) is 0 Å². The molecule has 0 heterocycles. The molecule has 2 N–H and O–H groups in total. The smallest absolute Gasteiger partial charge is 0.570 e. The molecule has 6 heavy (non-hydrogen) atoms. The summed E-state index contributed by atoms with van der Waals surface area (Å²) in [4.78, 5) is 0. The molecule has 0 saturated carbocycles. The average molecular weight is 179 g/mol. The van der Waals surface area contributed by atoms with Gasteiger partial charge in [-0.1, -0.05) is 0 Å². The molecule has 0 bridgehead atoms. The van der Waals surface area contributed by atoms with E-state index >= 15 is 0 Å². The summed E-state index contributed by atoms with van der Waals surface area (Å²) >= 11 is 3.92. The summed E-state index contributed by atoms with van der Waals surface area (Å²) < 4.78 is 0. The van der Waals surface area contributed by atoms with Crippen molar-refractivity contribution >= 4 is 17.7 Å². The van der Waals surface area contributed by atoms with Gasteiger partial charge in [-0.25, -0.2) is 0 Å². The largest absolute Gasteiger partial charge is 3.00 e. The molecule has 0 aliphatic rings. The summed E-state index contributed by atoms with van der Waals surface area (Å²) in [6.45, 7) is 0. The van der Waals surface area contributed by atoms with Crippen molar-refractivity contribution in [3.8, 4) is 0 Å². The first-order valence-electron chi connectivity index (χ1n) is 0.493. The van der Waals surface area contributed by atoms with Gasteiger partial charge in [-0.2, -0.15) is 0 Å². The van der Waals surface area contributed by atoms with Gasteiger partial charge in [0.05, 0.1) is 0 Å². The Kier molecular flexibility index (Phi) is 176. The summed E-state index contributed by atoms with van der Waals surface area (Å²) in [5.41, 5.74) is 6.25. The topological polar surface area (TPSA) is 26.0 Å². The maximum absolute atomic E-state index is 4.41. The second-order valence-electron chi connectivity index (χ2n) is 0.118. The van der Waals surface area contributed by atoms with Gasteiger partial charge < -0.3 is 38.3 Å². The van der Waals surface area contributed by atoms with E-state index in [0.29, 0.717) is 0 Å². The molecule has 1 nitrogen and oxygen atoms in total. The van der Waals surface area contributed by atoms with Crippen LogP contribution in [0.25, 0.3) is 0 Å². The van der Waals surface area contributed by atoms with E-state index in [9.17, 15) is 0 Å². The molecular formula is C3H8NSY. The van der Waals surface area contributed by atoms with Crippen LogP contribution in [-0.2, 0) is 32.7 Å². The third kappa shape index (κ3) is 80.6. The Balaban J connectivity index is -0.00000000667. The summed E-state index contributed by atoms with van der Waals surface area (Å²) in [7, 11) is 0. The van der Waals surface area contributed by atoms with E-state index in [1.807, 2.05) is 5.49 Å². The summed E-state index contributed by atoms with van der Waals surface area (Å²) in [6.07, 6.45) is 0. The Bertz CT molecular complexity index is 18.3. The van der Waals surface area contributed by atoms with Crippen LogP contribution in [0.1, 0.15) is 0 Å². The second-order valence-corrected chi connectivity index (χ2v) is 0.354. The Morgan fingerprint density at radius 2 is 1.33 bits per heavy atom. The molecule has 0 radical (unpaired) electrons. The van der Waals surface area contributed by atoms with Gasteiger partial charge in [0.25, 0.3) is 0 Å². The van der Waals surface area contributed by atoms with Crippen LogP contribution in [0.15, 0.2) is 0 Å². The van der Waals surface area contributed by atoms with E-state index in [1.54, 1.807) is 0 Å². The quantitative estimate of drug-likeness (QED) is 0.336. The third-order valence-electron chi connectivity index (χ3n) is 0. The molecule has 0 saturated heterocycles. The van der Waals surface area contributed by atoms with Gasteiger partial charge in [0, 0.05) is 0 Å². The Morgan fingerprint density at radius 3 is 1.33 bits per heavy atom. The zero-order valence-electron chi connectivity index (χ0n) is 4.06. The molecule has 0 aromatic heterocycles. The van der Waals surface area contributed by atoms with Crippen LogP contribution in [0.2, 0.25) is 0 Å². The molecule has 0 fully saturated rings. The molecule has 0 unspecified atom stereocenters. The second kappa shape index (κ2) is 37.6. The van der Waals surface area contributed by atoms with Gasteiger partial charge in [0.15, 0.2) is 0 Å². The molecular weight excluding hydrogens is 171 g/mol. The Labute approximate surface area is 70.6 Å². The molecule has 0 atom stereocenters. The molecule has 0 amide bonds. The first-order valence-corrected chi connectivity index (χ1v) is 0.901. The number of rotatable bonds is 0. The van der Waals surface area contributed by atoms with Crippen molar-refractivity contribution in [3.05, 3.63) is 14.9 Å². The zero-order valence-corrected chi connectivity index (χ0v) is 7.72. The van der Waals surface area contributed by atoms with Crippen LogP contribution in [0.4, 0.5) is 0 Å². The van der Waals surface area contributed by atoms with E-state index in [1.165, 1.54) is 0 Å². The van der Waals surface area contributed by atoms with Crippen LogP contribution in [-0.4, -0.2) is 5.49 Å². The standard InChI is InChI=1S/CH2NS.2CH3.Y/c2-1-3;;;/h(H2,2,3);2*1H3;/q3*-1;+3. The van der Waals surface area contributed by atoms with Crippen molar-refractivity contribution < 1.29 is 32.7 Å². The Morgan fingerprint density at radius 1 is 1.33 bits per heavy atom. The maximum atomic E-state index is 4.41. The zero-order chi connectivity index (χ0) is 2.71. The van der Waals surface area contributed by atoms with Crippen LogP contribution in [0.3, 0.4) is 0 Å². The number of thiocarbonyl (C=S) groups is 1. The van der Waals surface area contributed by atoms with Gasteiger partial charge in [-0.3, -0.25) is 0 Å². The fourth-order valence-corrected chi connectivity index (χ4v) is 0. The number of hydrogen-bond acceptors (Lipinski definition) is 1. The fourth-order valence-electron chi connectivity index (χ4n) is 0. The van der Waals surface area contributed by atoms with Crippen molar-refractivity contribution in [2.75, 3.05) is 0 Å². The van der Waals surface area contributed by atoms with Crippen molar-refractivity contribution in [2.24, 2.45) is 5.73 Å². The van der Waals surface area contributed by atoms with Crippen molar-refractivity contribution in [3.63, 3.8) is 0 Å². The van der Waals surface area contributed by atoms with Gasteiger partial charge in [0.1, 0.15) is 0 Å². The van der Waals surface area contributed by atoms with Crippen LogP contribution < -0.4 is 5.73 Å². The van der Waals surface area contributed by atoms with Crippen molar-refractivity contribution in [2.45, 2.75) is 0 Å². The fraction of sp³-hybridized carbons (Fsp3) is 0. The summed E-state index contributed by atoms with van der Waals surface area (Å²) in [6, 6.07) is 0. The normalized spacial score (nSPS) is 2.00. The van der Waals surface area contributed by atoms with E-state index in [0.717, 1.165) is 0 Å². The predicted octanol–water partition coefficient (Wildman–Crippen LogP) is 0.677. The van der Waals surface area contributed by atoms with Crippen molar-refractivity contribution in [1.82, 2.24) is 0 Å². The average Bonchev–Trinajstić information content (AvgIpc) is 0.918. The molecule has 0 spiro atoms. The molecule has 0 aliphatic carbocycles.